The number of hydrogen-bond donors (Lipinski definition) is 1. The smallest absolute Gasteiger partial charge is 0.262 e. The van der Waals surface area contributed by atoms with Crippen molar-refractivity contribution in [1.82, 2.24) is 14.9 Å². The van der Waals surface area contributed by atoms with Gasteiger partial charge in [0.25, 0.3) is 5.91 Å². The zero-order valence-corrected chi connectivity index (χ0v) is 21.0. The zero-order chi connectivity index (χ0) is 24.9. The van der Waals surface area contributed by atoms with E-state index in [0.29, 0.717) is 60.9 Å². The van der Waals surface area contributed by atoms with Gasteiger partial charge in [0.2, 0.25) is 11.9 Å². The first-order chi connectivity index (χ1) is 16.8. The van der Waals surface area contributed by atoms with Crippen molar-refractivity contribution in [2.75, 3.05) is 43.0 Å². The van der Waals surface area contributed by atoms with Crippen LogP contribution in [0.2, 0.25) is 5.02 Å². The quantitative estimate of drug-likeness (QED) is 0.525. The Hall–Kier alpha value is -3.39. The van der Waals surface area contributed by atoms with Crippen molar-refractivity contribution < 1.29 is 14.3 Å². The van der Waals surface area contributed by atoms with E-state index in [1.165, 1.54) is 0 Å². The Morgan fingerprint density at radius 1 is 1.06 bits per heavy atom. The number of hydrogen-bond acceptors (Lipinski definition) is 6. The molecule has 2 aromatic carbocycles. The van der Waals surface area contributed by atoms with Gasteiger partial charge in [0.05, 0.1) is 11.2 Å². The van der Waals surface area contributed by atoms with Crippen LogP contribution in [0.1, 0.15) is 26.0 Å². The number of aryl methyl sites for hydroxylation is 1. The Balaban J connectivity index is 1.38. The number of rotatable bonds is 7. The summed E-state index contributed by atoms with van der Waals surface area (Å²) in [7, 11) is 0. The molecular formula is C26H30ClN5O3. The molecule has 1 N–H and O–H groups in total. The molecule has 4 rings (SSSR count). The van der Waals surface area contributed by atoms with E-state index in [-0.39, 0.29) is 18.4 Å². The molecule has 0 bridgehead atoms. The molecule has 0 aliphatic carbocycles. The summed E-state index contributed by atoms with van der Waals surface area (Å²) in [4.78, 5) is 38.2. The molecule has 2 heterocycles. The second-order valence-electron chi connectivity index (χ2n) is 9.10. The molecule has 0 unspecified atom stereocenters. The van der Waals surface area contributed by atoms with Gasteiger partial charge in [0.1, 0.15) is 5.75 Å². The monoisotopic (exact) mass is 495 g/mol. The van der Waals surface area contributed by atoms with E-state index in [0.717, 1.165) is 16.6 Å². The SMILES string of the molecule is Cc1nc(N2CCN(C(=O)CC(C)C)CC2)nc2ccc(NC(=O)COc3ccc(Cl)cc3)cc12. The summed E-state index contributed by atoms with van der Waals surface area (Å²) in [5.74, 6) is 1.55. The minimum absolute atomic E-state index is 0.111. The lowest BCUT2D eigenvalue weighted by Gasteiger charge is -2.35. The number of piperazine rings is 1. The molecule has 9 heteroatoms. The lowest BCUT2D eigenvalue weighted by atomic mass is 10.1. The standard InChI is InChI=1S/C26H30ClN5O3/c1-17(2)14-25(34)31-10-12-32(13-11-31)26-28-18(3)22-15-20(6-9-23(22)30-26)29-24(33)16-35-21-7-4-19(27)5-8-21/h4-9,15,17H,10-14,16H2,1-3H3,(H,29,33). The number of ether oxygens (including phenoxy) is 1. The van der Waals surface area contributed by atoms with Gasteiger partial charge in [0, 0.05) is 48.7 Å². The van der Waals surface area contributed by atoms with E-state index < -0.39 is 0 Å². The Kier molecular flexibility index (Phi) is 7.70. The van der Waals surface area contributed by atoms with Crippen LogP contribution in [0.15, 0.2) is 42.5 Å². The maximum atomic E-state index is 12.3. The maximum Gasteiger partial charge on any atom is 0.262 e. The number of halogens is 1. The number of amides is 2. The number of anilines is 2. The van der Waals surface area contributed by atoms with E-state index >= 15 is 0 Å². The summed E-state index contributed by atoms with van der Waals surface area (Å²) in [5, 5.41) is 4.34. The lowest BCUT2D eigenvalue weighted by Crippen LogP contribution is -2.49. The van der Waals surface area contributed by atoms with Crippen LogP contribution in [0.4, 0.5) is 11.6 Å². The van der Waals surface area contributed by atoms with Crippen LogP contribution in [0.3, 0.4) is 0 Å². The summed E-state index contributed by atoms with van der Waals surface area (Å²) in [6.45, 7) is 8.71. The van der Waals surface area contributed by atoms with Crippen molar-refractivity contribution in [3.8, 4) is 5.75 Å². The number of fused-ring (bicyclic) bond motifs is 1. The fraction of sp³-hybridized carbons (Fsp3) is 0.385. The van der Waals surface area contributed by atoms with Crippen LogP contribution in [-0.4, -0.2) is 59.5 Å². The third-order valence-electron chi connectivity index (χ3n) is 5.84. The van der Waals surface area contributed by atoms with Gasteiger partial charge in [-0.05, 0) is 55.3 Å². The molecule has 0 saturated carbocycles. The molecule has 184 valence electrons. The Morgan fingerprint density at radius 2 is 1.77 bits per heavy atom. The fourth-order valence-electron chi connectivity index (χ4n) is 4.00. The molecule has 1 aliphatic heterocycles. The van der Waals surface area contributed by atoms with Crippen molar-refractivity contribution in [3.05, 3.63) is 53.2 Å². The summed E-state index contributed by atoms with van der Waals surface area (Å²) in [6.07, 6.45) is 0.581. The van der Waals surface area contributed by atoms with E-state index in [2.05, 4.69) is 24.1 Å². The number of carbonyl (C=O) groups is 2. The molecule has 1 fully saturated rings. The van der Waals surface area contributed by atoms with Gasteiger partial charge in [-0.15, -0.1) is 0 Å². The van der Waals surface area contributed by atoms with E-state index in [9.17, 15) is 9.59 Å². The Labute approximate surface area is 210 Å². The highest BCUT2D eigenvalue weighted by atomic mass is 35.5. The highest BCUT2D eigenvalue weighted by molar-refractivity contribution is 6.30. The topological polar surface area (TPSA) is 87.7 Å². The predicted octanol–water partition coefficient (Wildman–Crippen LogP) is 4.30. The van der Waals surface area contributed by atoms with Gasteiger partial charge >= 0.3 is 0 Å². The van der Waals surface area contributed by atoms with E-state index in [1.54, 1.807) is 24.3 Å². The molecule has 2 amide bonds. The molecule has 8 nitrogen and oxygen atoms in total. The van der Waals surface area contributed by atoms with Crippen LogP contribution in [0, 0.1) is 12.8 Å². The molecule has 3 aromatic rings. The first-order valence-corrected chi connectivity index (χ1v) is 12.2. The molecule has 1 aliphatic rings. The number of benzene rings is 2. The number of carbonyl (C=O) groups excluding carboxylic acids is 2. The Bertz CT molecular complexity index is 1210. The van der Waals surface area contributed by atoms with Crippen molar-refractivity contribution in [2.24, 2.45) is 5.92 Å². The van der Waals surface area contributed by atoms with Gasteiger partial charge in [-0.3, -0.25) is 9.59 Å². The van der Waals surface area contributed by atoms with Crippen molar-refractivity contribution in [2.45, 2.75) is 27.2 Å². The minimum atomic E-state index is -0.264. The second kappa shape index (κ2) is 10.9. The van der Waals surface area contributed by atoms with Crippen molar-refractivity contribution in [1.29, 1.82) is 0 Å². The van der Waals surface area contributed by atoms with Crippen LogP contribution < -0.4 is 15.0 Å². The largest absolute Gasteiger partial charge is 0.484 e. The first kappa shape index (κ1) is 24.7. The molecule has 1 saturated heterocycles. The maximum absolute atomic E-state index is 12.3. The summed E-state index contributed by atoms with van der Waals surface area (Å²) >= 11 is 5.87. The summed E-state index contributed by atoms with van der Waals surface area (Å²) < 4.78 is 5.50. The van der Waals surface area contributed by atoms with Gasteiger partial charge in [-0.1, -0.05) is 25.4 Å². The molecule has 1 aromatic heterocycles. The average Bonchev–Trinajstić information content (AvgIpc) is 2.83. The average molecular weight is 496 g/mol. The number of nitrogens with one attached hydrogen (secondary N) is 1. The molecular weight excluding hydrogens is 466 g/mol. The molecule has 0 atom stereocenters. The van der Waals surface area contributed by atoms with Gasteiger partial charge < -0.3 is 19.9 Å². The molecule has 0 spiro atoms. The normalized spacial score (nSPS) is 13.9. The highest BCUT2D eigenvalue weighted by Crippen LogP contribution is 2.24. The van der Waals surface area contributed by atoms with Gasteiger partial charge in [0.15, 0.2) is 6.61 Å². The van der Waals surface area contributed by atoms with Crippen molar-refractivity contribution >= 4 is 46.0 Å². The predicted molar refractivity (Wildman–Crippen MR) is 138 cm³/mol. The van der Waals surface area contributed by atoms with Crippen LogP contribution in [0.25, 0.3) is 10.9 Å². The fourth-order valence-corrected chi connectivity index (χ4v) is 4.12. The van der Waals surface area contributed by atoms with E-state index in [1.807, 2.05) is 30.0 Å². The Morgan fingerprint density at radius 3 is 2.46 bits per heavy atom. The number of nitrogens with zero attached hydrogens (tertiary/aromatic N) is 4. The van der Waals surface area contributed by atoms with Gasteiger partial charge in [-0.2, -0.15) is 0 Å². The third-order valence-corrected chi connectivity index (χ3v) is 6.09. The summed E-state index contributed by atoms with van der Waals surface area (Å²) in [5.41, 5.74) is 2.29. The number of aromatic nitrogens is 2. The molecule has 35 heavy (non-hydrogen) atoms. The first-order valence-electron chi connectivity index (χ1n) is 11.8. The van der Waals surface area contributed by atoms with E-state index in [4.69, 9.17) is 26.3 Å². The molecule has 0 radical (unpaired) electrons. The lowest BCUT2D eigenvalue weighted by molar-refractivity contribution is -0.132. The van der Waals surface area contributed by atoms with Crippen molar-refractivity contribution in [3.63, 3.8) is 0 Å². The summed E-state index contributed by atoms with van der Waals surface area (Å²) in [6, 6.07) is 12.4. The van der Waals surface area contributed by atoms with Crippen LogP contribution in [-0.2, 0) is 9.59 Å². The third kappa shape index (κ3) is 6.39. The second-order valence-corrected chi connectivity index (χ2v) is 9.53. The van der Waals surface area contributed by atoms with Crippen LogP contribution in [0.5, 0.6) is 5.75 Å². The van der Waals surface area contributed by atoms with Crippen LogP contribution >= 0.6 is 11.6 Å². The zero-order valence-electron chi connectivity index (χ0n) is 20.3. The highest BCUT2D eigenvalue weighted by Gasteiger charge is 2.23. The van der Waals surface area contributed by atoms with Gasteiger partial charge in [-0.25, -0.2) is 9.97 Å². The minimum Gasteiger partial charge on any atom is -0.484 e.